The van der Waals surface area contributed by atoms with E-state index in [1.807, 2.05) is 43.1 Å². The fourth-order valence-corrected chi connectivity index (χ4v) is 4.59. The summed E-state index contributed by atoms with van der Waals surface area (Å²) in [4.78, 5) is 28.4. The van der Waals surface area contributed by atoms with Crippen molar-refractivity contribution in [2.24, 2.45) is 0 Å². The predicted octanol–water partition coefficient (Wildman–Crippen LogP) is 2.31. The Labute approximate surface area is 182 Å². The largest absolute Gasteiger partial charge is 0.372 e. The van der Waals surface area contributed by atoms with E-state index in [2.05, 4.69) is 36.3 Å². The molecular weight excluding hydrogens is 392 g/mol. The van der Waals surface area contributed by atoms with Crippen molar-refractivity contribution < 1.29 is 9.53 Å². The Morgan fingerprint density at radius 1 is 0.935 bits per heavy atom. The van der Waals surface area contributed by atoms with Gasteiger partial charge in [-0.05, 0) is 44.2 Å². The lowest BCUT2D eigenvalue weighted by atomic mass is 10.2. The van der Waals surface area contributed by atoms with Gasteiger partial charge < -0.3 is 23.8 Å². The molecule has 8 heteroatoms. The summed E-state index contributed by atoms with van der Waals surface area (Å²) in [6.45, 7) is 8.76. The predicted molar refractivity (Wildman–Crippen MR) is 120 cm³/mol. The summed E-state index contributed by atoms with van der Waals surface area (Å²) < 4.78 is 7.91. The molecule has 0 radical (unpaired) electrons. The van der Waals surface area contributed by atoms with Gasteiger partial charge in [0.25, 0.3) is 5.91 Å². The van der Waals surface area contributed by atoms with Gasteiger partial charge in [0.15, 0.2) is 0 Å². The summed E-state index contributed by atoms with van der Waals surface area (Å²) in [7, 11) is 0. The van der Waals surface area contributed by atoms with Gasteiger partial charge in [0, 0.05) is 63.4 Å². The van der Waals surface area contributed by atoms with Gasteiger partial charge in [-0.1, -0.05) is 0 Å². The van der Waals surface area contributed by atoms with Gasteiger partial charge in [-0.2, -0.15) is 0 Å². The van der Waals surface area contributed by atoms with Crippen LogP contribution in [0, 0.1) is 0 Å². The van der Waals surface area contributed by atoms with Crippen molar-refractivity contribution in [1.82, 2.24) is 19.3 Å². The van der Waals surface area contributed by atoms with Gasteiger partial charge >= 0.3 is 0 Å². The van der Waals surface area contributed by atoms with Crippen molar-refractivity contribution in [2.75, 3.05) is 49.1 Å². The second-order valence-corrected chi connectivity index (χ2v) is 8.39. The minimum absolute atomic E-state index is 0.0588. The Balaban J connectivity index is 1.34. The molecule has 2 atom stereocenters. The minimum atomic E-state index is 0.0588. The van der Waals surface area contributed by atoms with Crippen molar-refractivity contribution in [3.05, 3.63) is 54.5 Å². The lowest BCUT2D eigenvalue weighted by Gasteiger charge is -2.36. The summed E-state index contributed by atoms with van der Waals surface area (Å²) in [6, 6.07) is 10.0. The molecule has 0 bridgehead atoms. The maximum absolute atomic E-state index is 13.2. The van der Waals surface area contributed by atoms with Crippen LogP contribution in [-0.4, -0.2) is 76.7 Å². The van der Waals surface area contributed by atoms with E-state index < -0.39 is 0 Å². The first kappa shape index (κ1) is 19.8. The third kappa shape index (κ3) is 3.95. The molecule has 0 saturated carbocycles. The van der Waals surface area contributed by atoms with Crippen molar-refractivity contribution in [3.63, 3.8) is 0 Å². The Morgan fingerprint density at radius 2 is 1.58 bits per heavy atom. The fraction of sp³-hybridized carbons (Fsp3) is 0.435. The van der Waals surface area contributed by atoms with Crippen LogP contribution in [0.3, 0.4) is 0 Å². The number of hydrogen-bond donors (Lipinski definition) is 0. The number of morpholine rings is 1. The SMILES string of the molecule is C[C@H]1CN(C(=O)c2ccc3ccc(N4CCN(c5ncccn5)CC4)n3c2)C[C@H](C)O1. The second-order valence-electron chi connectivity index (χ2n) is 8.39. The van der Waals surface area contributed by atoms with E-state index in [0.717, 1.165) is 43.5 Å². The van der Waals surface area contributed by atoms with Gasteiger partial charge in [0.1, 0.15) is 5.82 Å². The maximum Gasteiger partial charge on any atom is 0.255 e. The number of rotatable bonds is 3. The molecule has 0 N–H and O–H groups in total. The van der Waals surface area contributed by atoms with Crippen LogP contribution < -0.4 is 9.80 Å². The molecule has 5 rings (SSSR count). The zero-order valence-electron chi connectivity index (χ0n) is 18.0. The van der Waals surface area contributed by atoms with E-state index in [1.165, 1.54) is 0 Å². The highest BCUT2D eigenvalue weighted by Crippen LogP contribution is 2.23. The van der Waals surface area contributed by atoms with Crippen LogP contribution in [-0.2, 0) is 4.74 Å². The summed E-state index contributed by atoms with van der Waals surface area (Å²) in [6.07, 6.45) is 5.66. The number of pyridine rings is 1. The molecule has 0 unspecified atom stereocenters. The number of carbonyl (C=O) groups is 1. The molecule has 2 saturated heterocycles. The fourth-order valence-electron chi connectivity index (χ4n) is 4.59. The van der Waals surface area contributed by atoms with Crippen LogP contribution in [0.15, 0.2) is 48.9 Å². The van der Waals surface area contributed by atoms with Crippen LogP contribution in [0.4, 0.5) is 11.8 Å². The summed E-state index contributed by atoms with van der Waals surface area (Å²) in [5.74, 6) is 1.96. The van der Waals surface area contributed by atoms with Crippen LogP contribution in [0.1, 0.15) is 24.2 Å². The Kier molecular flexibility index (Phi) is 5.23. The van der Waals surface area contributed by atoms with Crippen molar-refractivity contribution in [2.45, 2.75) is 26.1 Å². The van der Waals surface area contributed by atoms with Gasteiger partial charge in [-0.15, -0.1) is 0 Å². The van der Waals surface area contributed by atoms with E-state index >= 15 is 0 Å². The number of hydrogen-bond acceptors (Lipinski definition) is 6. The maximum atomic E-state index is 13.2. The first-order valence-corrected chi connectivity index (χ1v) is 10.9. The van der Waals surface area contributed by atoms with Gasteiger partial charge in [-0.25, -0.2) is 9.97 Å². The third-order valence-corrected chi connectivity index (χ3v) is 6.02. The highest BCUT2D eigenvalue weighted by Gasteiger charge is 2.27. The Hall–Kier alpha value is -3.13. The molecule has 2 fully saturated rings. The number of ether oxygens (including phenoxy) is 1. The van der Waals surface area contributed by atoms with Crippen molar-refractivity contribution in [3.8, 4) is 0 Å². The smallest absolute Gasteiger partial charge is 0.255 e. The van der Waals surface area contributed by atoms with Crippen LogP contribution in [0.5, 0.6) is 0 Å². The quantitative estimate of drug-likeness (QED) is 0.648. The molecule has 2 aliphatic rings. The Bertz CT molecular complexity index is 1050. The molecule has 8 nitrogen and oxygen atoms in total. The first-order valence-electron chi connectivity index (χ1n) is 10.9. The third-order valence-electron chi connectivity index (χ3n) is 6.02. The van der Waals surface area contributed by atoms with E-state index in [9.17, 15) is 4.79 Å². The van der Waals surface area contributed by atoms with Crippen molar-refractivity contribution >= 4 is 23.2 Å². The average Bonchev–Trinajstić information content (AvgIpc) is 3.22. The highest BCUT2D eigenvalue weighted by molar-refractivity contribution is 5.94. The van der Waals surface area contributed by atoms with Crippen LogP contribution in [0.25, 0.3) is 5.52 Å². The summed E-state index contributed by atoms with van der Waals surface area (Å²) in [5, 5.41) is 0. The van der Waals surface area contributed by atoms with Gasteiger partial charge in [0.05, 0.1) is 17.8 Å². The van der Waals surface area contributed by atoms with Crippen LogP contribution in [0.2, 0.25) is 0 Å². The monoisotopic (exact) mass is 420 g/mol. The van der Waals surface area contributed by atoms with E-state index in [-0.39, 0.29) is 18.1 Å². The normalized spacial score (nSPS) is 22.2. The number of anilines is 2. The second kappa shape index (κ2) is 8.19. The summed E-state index contributed by atoms with van der Waals surface area (Å²) in [5.41, 5.74) is 1.80. The lowest BCUT2D eigenvalue weighted by Crippen LogP contribution is -2.48. The lowest BCUT2D eigenvalue weighted by molar-refractivity contribution is -0.0586. The molecule has 162 valence electrons. The molecule has 3 aromatic heterocycles. The van der Waals surface area contributed by atoms with Gasteiger partial charge in [0.2, 0.25) is 5.95 Å². The molecule has 31 heavy (non-hydrogen) atoms. The van der Waals surface area contributed by atoms with Crippen LogP contribution >= 0.6 is 0 Å². The molecule has 1 amide bonds. The summed E-state index contributed by atoms with van der Waals surface area (Å²) >= 11 is 0. The number of carbonyl (C=O) groups excluding carboxylic acids is 1. The number of nitrogens with zero attached hydrogens (tertiary/aromatic N) is 6. The van der Waals surface area contributed by atoms with Gasteiger partial charge in [-0.3, -0.25) is 4.79 Å². The van der Waals surface area contributed by atoms with E-state index in [4.69, 9.17) is 4.74 Å². The standard InChI is InChI=1S/C23H28N6O2/c1-17-14-28(15-18(2)31-17)22(30)19-4-5-20-6-7-21(29(20)16-19)26-10-12-27(13-11-26)23-24-8-3-9-25-23/h3-9,16-18H,10-15H2,1-2H3/t17-,18-/m0/s1. The zero-order chi connectivity index (χ0) is 21.4. The van der Waals surface area contributed by atoms with Crippen molar-refractivity contribution in [1.29, 1.82) is 0 Å². The molecule has 3 aromatic rings. The first-order chi connectivity index (χ1) is 15.1. The number of aromatic nitrogens is 3. The molecule has 0 spiro atoms. The minimum Gasteiger partial charge on any atom is -0.372 e. The molecule has 0 aromatic carbocycles. The molecular formula is C23H28N6O2. The molecule has 5 heterocycles. The number of piperazine rings is 1. The zero-order valence-corrected chi connectivity index (χ0v) is 18.0. The molecule has 2 aliphatic heterocycles. The number of fused-ring (bicyclic) bond motifs is 1. The Morgan fingerprint density at radius 3 is 2.29 bits per heavy atom. The average molecular weight is 421 g/mol. The number of amides is 1. The molecule has 0 aliphatic carbocycles. The highest BCUT2D eigenvalue weighted by atomic mass is 16.5. The topological polar surface area (TPSA) is 66.2 Å². The van der Waals surface area contributed by atoms with E-state index in [0.29, 0.717) is 18.7 Å². The van der Waals surface area contributed by atoms with E-state index in [1.54, 1.807) is 12.4 Å².